The Morgan fingerprint density at radius 3 is 2.57 bits per heavy atom. The number of nitrogens with one attached hydrogen (secondary N) is 1. The molecular formula is C17H30N2O2. The fraction of sp³-hybridized carbons (Fsp3) is 0.647. The molecule has 0 unspecified atom stereocenters. The van der Waals surface area contributed by atoms with Crippen molar-refractivity contribution in [1.82, 2.24) is 10.2 Å². The first-order chi connectivity index (χ1) is 10.2. The fourth-order valence-electron chi connectivity index (χ4n) is 2.02. The van der Waals surface area contributed by atoms with Crippen LogP contribution < -0.4 is 14.8 Å². The molecule has 0 aliphatic carbocycles. The van der Waals surface area contributed by atoms with Crippen LogP contribution in [-0.4, -0.2) is 45.3 Å². The predicted octanol–water partition coefficient (Wildman–Crippen LogP) is 2.92. The zero-order valence-corrected chi connectivity index (χ0v) is 13.9. The molecule has 0 bridgehead atoms. The average molecular weight is 294 g/mol. The molecule has 0 aliphatic rings. The zero-order chi connectivity index (χ0) is 15.5. The lowest BCUT2D eigenvalue weighted by Crippen LogP contribution is -2.21. The van der Waals surface area contributed by atoms with Crippen molar-refractivity contribution in [2.24, 2.45) is 0 Å². The second-order valence-corrected chi connectivity index (χ2v) is 5.40. The lowest BCUT2D eigenvalue weighted by Gasteiger charge is -2.14. The van der Waals surface area contributed by atoms with Gasteiger partial charge in [-0.3, -0.25) is 0 Å². The minimum atomic E-state index is 0.655. The molecule has 4 heteroatoms. The Bertz CT molecular complexity index is 394. The molecule has 0 saturated carbocycles. The maximum atomic E-state index is 5.71. The van der Waals surface area contributed by atoms with E-state index in [1.807, 2.05) is 13.0 Å². The van der Waals surface area contributed by atoms with Crippen molar-refractivity contribution in [3.63, 3.8) is 0 Å². The van der Waals surface area contributed by atoms with E-state index >= 15 is 0 Å². The molecule has 21 heavy (non-hydrogen) atoms. The van der Waals surface area contributed by atoms with Gasteiger partial charge in [0.05, 0.1) is 13.2 Å². The van der Waals surface area contributed by atoms with Gasteiger partial charge in [-0.25, -0.2) is 0 Å². The quantitative estimate of drug-likeness (QED) is 0.636. The van der Waals surface area contributed by atoms with Crippen molar-refractivity contribution in [1.29, 1.82) is 0 Å². The van der Waals surface area contributed by atoms with Gasteiger partial charge in [0.25, 0.3) is 0 Å². The number of benzene rings is 1. The maximum Gasteiger partial charge on any atom is 0.161 e. The molecule has 0 saturated heterocycles. The third-order valence-corrected chi connectivity index (χ3v) is 3.06. The average Bonchev–Trinajstić information content (AvgIpc) is 2.46. The van der Waals surface area contributed by atoms with Crippen LogP contribution in [0.2, 0.25) is 0 Å². The van der Waals surface area contributed by atoms with Crippen molar-refractivity contribution in [3.8, 4) is 11.5 Å². The van der Waals surface area contributed by atoms with Gasteiger partial charge in [-0.15, -0.1) is 0 Å². The van der Waals surface area contributed by atoms with Crippen LogP contribution in [0.4, 0.5) is 0 Å². The van der Waals surface area contributed by atoms with Crippen LogP contribution in [0.15, 0.2) is 18.2 Å². The Balaban J connectivity index is 2.49. The first kappa shape index (κ1) is 17.8. The normalized spacial score (nSPS) is 10.9. The fourth-order valence-corrected chi connectivity index (χ4v) is 2.02. The highest BCUT2D eigenvalue weighted by atomic mass is 16.5. The third kappa shape index (κ3) is 7.34. The first-order valence-electron chi connectivity index (χ1n) is 7.91. The van der Waals surface area contributed by atoms with Gasteiger partial charge >= 0.3 is 0 Å². The Morgan fingerprint density at radius 1 is 1.10 bits per heavy atom. The van der Waals surface area contributed by atoms with Crippen LogP contribution in [0.25, 0.3) is 0 Å². The molecule has 0 heterocycles. The SMILES string of the molecule is CCCOc1ccc(CNCCCN(C)C)cc1OCC. The molecule has 0 fully saturated rings. The van der Waals surface area contributed by atoms with Gasteiger partial charge in [-0.2, -0.15) is 0 Å². The first-order valence-corrected chi connectivity index (χ1v) is 7.91. The van der Waals surface area contributed by atoms with E-state index in [4.69, 9.17) is 9.47 Å². The van der Waals surface area contributed by atoms with E-state index in [1.54, 1.807) is 0 Å². The highest BCUT2D eigenvalue weighted by Crippen LogP contribution is 2.28. The Hall–Kier alpha value is -1.26. The lowest BCUT2D eigenvalue weighted by molar-refractivity contribution is 0.276. The molecule has 0 amide bonds. The summed E-state index contributed by atoms with van der Waals surface area (Å²) in [6.07, 6.45) is 2.16. The van der Waals surface area contributed by atoms with Crippen molar-refractivity contribution in [2.75, 3.05) is 40.4 Å². The van der Waals surface area contributed by atoms with Crippen LogP contribution in [-0.2, 0) is 6.54 Å². The number of rotatable bonds is 11. The molecule has 4 nitrogen and oxygen atoms in total. The molecule has 0 aliphatic heterocycles. The van der Waals surface area contributed by atoms with Gasteiger partial charge in [-0.1, -0.05) is 13.0 Å². The molecule has 1 aromatic carbocycles. The summed E-state index contributed by atoms with van der Waals surface area (Å²) >= 11 is 0. The Kier molecular flexibility index (Phi) is 8.87. The van der Waals surface area contributed by atoms with Gasteiger partial charge in [0, 0.05) is 6.54 Å². The van der Waals surface area contributed by atoms with Gasteiger partial charge < -0.3 is 19.7 Å². The van der Waals surface area contributed by atoms with Crippen LogP contribution in [0.3, 0.4) is 0 Å². The summed E-state index contributed by atoms with van der Waals surface area (Å²) in [5.41, 5.74) is 1.23. The smallest absolute Gasteiger partial charge is 0.161 e. The lowest BCUT2D eigenvalue weighted by atomic mass is 10.2. The molecule has 1 rings (SSSR count). The van der Waals surface area contributed by atoms with E-state index in [2.05, 4.69) is 43.4 Å². The maximum absolute atomic E-state index is 5.71. The second kappa shape index (κ2) is 10.5. The van der Waals surface area contributed by atoms with E-state index in [-0.39, 0.29) is 0 Å². The number of nitrogens with zero attached hydrogens (tertiary/aromatic N) is 1. The van der Waals surface area contributed by atoms with Gasteiger partial charge in [0.2, 0.25) is 0 Å². The molecule has 0 radical (unpaired) electrons. The Labute approximate surface area is 129 Å². The molecule has 120 valence electrons. The zero-order valence-electron chi connectivity index (χ0n) is 13.9. The van der Waals surface area contributed by atoms with E-state index in [9.17, 15) is 0 Å². The van der Waals surface area contributed by atoms with Crippen LogP contribution in [0.1, 0.15) is 32.3 Å². The monoisotopic (exact) mass is 294 g/mol. The van der Waals surface area contributed by atoms with Gasteiger partial charge in [0.1, 0.15) is 0 Å². The summed E-state index contributed by atoms with van der Waals surface area (Å²) in [6.45, 7) is 8.48. The van der Waals surface area contributed by atoms with Crippen molar-refractivity contribution < 1.29 is 9.47 Å². The molecule has 1 aromatic rings. The van der Waals surface area contributed by atoms with Crippen LogP contribution in [0.5, 0.6) is 11.5 Å². The van der Waals surface area contributed by atoms with Crippen LogP contribution in [0, 0.1) is 0 Å². The third-order valence-electron chi connectivity index (χ3n) is 3.06. The Morgan fingerprint density at radius 2 is 1.90 bits per heavy atom. The van der Waals surface area contributed by atoms with Crippen molar-refractivity contribution in [3.05, 3.63) is 23.8 Å². The van der Waals surface area contributed by atoms with E-state index in [1.165, 1.54) is 5.56 Å². The topological polar surface area (TPSA) is 33.7 Å². The molecule has 0 spiro atoms. The molecule has 0 aromatic heterocycles. The second-order valence-electron chi connectivity index (χ2n) is 5.40. The van der Waals surface area contributed by atoms with Gasteiger partial charge in [-0.05, 0) is 64.6 Å². The van der Waals surface area contributed by atoms with E-state index in [0.29, 0.717) is 6.61 Å². The predicted molar refractivity (Wildman–Crippen MR) is 88.3 cm³/mol. The number of ether oxygens (including phenoxy) is 2. The number of hydrogen-bond acceptors (Lipinski definition) is 4. The standard InChI is InChI=1S/C17H30N2O2/c1-5-12-21-16-9-8-15(13-17(16)20-6-2)14-18-10-7-11-19(3)4/h8-9,13,18H,5-7,10-12,14H2,1-4H3. The van der Waals surface area contributed by atoms with Gasteiger partial charge in [0.15, 0.2) is 11.5 Å². The molecule has 0 atom stereocenters. The van der Waals surface area contributed by atoms with E-state index in [0.717, 1.165) is 50.6 Å². The summed E-state index contributed by atoms with van der Waals surface area (Å²) in [5, 5.41) is 3.47. The van der Waals surface area contributed by atoms with Crippen molar-refractivity contribution in [2.45, 2.75) is 33.2 Å². The highest BCUT2D eigenvalue weighted by molar-refractivity contribution is 5.43. The van der Waals surface area contributed by atoms with E-state index < -0.39 is 0 Å². The summed E-state index contributed by atoms with van der Waals surface area (Å²) < 4.78 is 11.4. The van der Waals surface area contributed by atoms with Crippen LogP contribution >= 0.6 is 0 Å². The highest BCUT2D eigenvalue weighted by Gasteiger charge is 2.06. The largest absolute Gasteiger partial charge is 0.490 e. The minimum absolute atomic E-state index is 0.655. The summed E-state index contributed by atoms with van der Waals surface area (Å²) in [4.78, 5) is 2.20. The summed E-state index contributed by atoms with van der Waals surface area (Å²) in [6, 6.07) is 6.19. The molecule has 1 N–H and O–H groups in total. The number of hydrogen-bond donors (Lipinski definition) is 1. The summed E-state index contributed by atoms with van der Waals surface area (Å²) in [7, 11) is 4.20. The minimum Gasteiger partial charge on any atom is -0.490 e. The molecular weight excluding hydrogens is 264 g/mol. The van der Waals surface area contributed by atoms with Crippen molar-refractivity contribution >= 4 is 0 Å². The summed E-state index contributed by atoms with van der Waals surface area (Å²) in [5.74, 6) is 1.69.